The van der Waals surface area contributed by atoms with Crippen LogP contribution in [0, 0.1) is 0 Å². The van der Waals surface area contributed by atoms with Crippen LogP contribution in [0.5, 0.6) is 5.75 Å². The summed E-state index contributed by atoms with van der Waals surface area (Å²) in [5.41, 5.74) is 0. The summed E-state index contributed by atoms with van der Waals surface area (Å²) >= 11 is 0. The van der Waals surface area contributed by atoms with Gasteiger partial charge in [0.2, 0.25) is 5.91 Å². The lowest BCUT2D eigenvalue weighted by atomic mass is 10.0. The Balaban J connectivity index is 1.70. The van der Waals surface area contributed by atoms with Gasteiger partial charge >= 0.3 is 0 Å². The maximum atomic E-state index is 12.2. The van der Waals surface area contributed by atoms with E-state index in [-0.39, 0.29) is 24.1 Å². The highest BCUT2D eigenvalue weighted by atomic mass is 16.5. The number of aliphatic hydroxyl groups is 2. The SMILES string of the molecule is COCCC(=O)N[C@@H]1C[C@@H](Oc2ccccc2)[C@H](O)[C@H]1N1CCC(O)CC1. The van der Waals surface area contributed by atoms with Crippen LogP contribution in [0.3, 0.4) is 0 Å². The van der Waals surface area contributed by atoms with Crippen molar-refractivity contribution in [2.45, 2.75) is 56.1 Å². The Morgan fingerprint density at radius 1 is 1.22 bits per heavy atom. The molecule has 0 spiro atoms. The number of aliphatic hydroxyl groups excluding tert-OH is 2. The number of piperidine rings is 1. The van der Waals surface area contributed by atoms with Crippen LogP contribution in [-0.2, 0) is 9.53 Å². The Hall–Kier alpha value is -1.67. The fourth-order valence-electron chi connectivity index (χ4n) is 4.05. The van der Waals surface area contributed by atoms with Crippen molar-refractivity contribution in [1.29, 1.82) is 0 Å². The number of hydrogen-bond donors (Lipinski definition) is 3. The van der Waals surface area contributed by atoms with Crippen molar-refractivity contribution in [2.24, 2.45) is 0 Å². The van der Waals surface area contributed by atoms with E-state index < -0.39 is 12.2 Å². The highest BCUT2D eigenvalue weighted by molar-refractivity contribution is 5.76. The summed E-state index contributed by atoms with van der Waals surface area (Å²) in [7, 11) is 1.57. The van der Waals surface area contributed by atoms with Crippen LogP contribution in [0.25, 0.3) is 0 Å². The molecule has 0 unspecified atom stereocenters. The molecule has 1 aliphatic carbocycles. The van der Waals surface area contributed by atoms with Crippen molar-refractivity contribution in [1.82, 2.24) is 10.2 Å². The van der Waals surface area contributed by atoms with Gasteiger partial charge in [0, 0.05) is 33.0 Å². The lowest BCUT2D eigenvalue weighted by Gasteiger charge is -2.38. The van der Waals surface area contributed by atoms with Crippen molar-refractivity contribution in [2.75, 3.05) is 26.8 Å². The van der Waals surface area contributed by atoms with E-state index in [1.807, 2.05) is 30.3 Å². The minimum Gasteiger partial charge on any atom is -0.488 e. The molecule has 4 atom stereocenters. The molecule has 0 bridgehead atoms. The monoisotopic (exact) mass is 378 g/mol. The number of carbonyl (C=O) groups is 1. The first kappa shape index (κ1) is 20.1. The smallest absolute Gasteiger partial charge is 0.222 e. The number of rotatable bonds is 7. The van der Waals surface area contributed by atoms with Gasteiger partial charge in [-0.05, 0) is 25.0 Å². The molecule has 3 rings (SSSR count). The third-order valence-electron chi connectivity index (χ3n) is 5.46. The molecule has 1 aliphatic heterocycles. The van der Waals surface area contributed by atoms with Crippen molar-refractivity contribution in [3.63, 3.8) is 0 Å². The fraction of sp³-hybridized carbons (Fsp3) is 0.650. The van der Waals surface area contributed by atoms with Crippen LogP contribution >= 0.6 is 0 Å². The molecule has 150 valence electrons. The highest BCUT2D eigenvalue weighted by Gasteiger charge is 2.47. The molecule has 1 saturated heterocycles. The second-order valence-electron chi connectivity index (χ2n) is 7.37. The maximum Gasteiger partial charge on any atom is 0.222 e. The third-order valence-corrected chi connectivity index (χ3v) is 5.46. The number of nitrogens with one attached hydrogen (secondary N) is 1. The Kier molecular flexibility index (Phi) is 7.07. The summed E-state index contributed by atoms with van der Waals surface area (Å²) in [5.74, 6) is 0.622. The van der Waals surface area contributed by atoms with E-state index in [2.05, 4.69) is 10.2 Å². The van der Waals surface area contributed by atoms with E-state index >= 15 is 0 Å². The molecular formula is C20H30N2O5. The Bertz CT molecular complexity index is 591. The number of hydrogen-bond acceptors (Lipinski definition) is 6. The zero-order valence-corrected chi connectivity index (χ0v) is 15.8. The quantitative estimate of drug-likeness (QED) is 0.642. The standard InChI is InChI=1S/C20H30N2O5/c1-26-12-9-18(24)21-16-13-17(27-15-5-3-2-4-6-15)20(25)19(16)22-10-7-14(23)8-11-22/h2-6,14,16-17,19-20,23,25H,7-13H2,1H3,(H,21,24)/t16-,17-,19+,20+/m1/s1. The summed E-state index contributed by atoms with van der Waals surface area (Å²) in [6.07, 6.45) is 0.795. The molecule has 7 heteroatoms. The first-order valence-electron chi connectivity index (χ1n) is 9.68. The second-order valence-corrected chi connectivity index (χ2v) is 7.37. The first-order chi connectivity index (χ1) is 13.1. The van der Waals surface area contributed by atoms with E-state index in [1.54, 1.807) is 7.11 Å². The van der Waals surface area contributed by atoms with Crippen molar-refractivity contribution < 1.29 is 24.5 Å². The van der Waals surface area contributed by atoms with Crippen LogP contribution in [-0.4, -0.2) is 78.2 Å². The Morgan fingerprint density at radius 2 is 1.93 bits per heavy atom. The molecule has 3 N–H and O–H groups in total. The van der Waals surface area contributed by atoms with Gasteiger partial charge in [-0.15, -0.1) is 0 Å². The van der Waals surface area contributed by atoms with Crippen LogP contribution < -0.4 is 10.1 Å². The van der Waals surface area contributed by atoms with Gasteiger partial charge in [-0.1, -0.05) is 18.2 Å². The molecule has 0 radical (unpaired) electrons. The lowest BCUT2D eigenvalue weighted by Crippen LogP contribution is -2.56. The average molecular weight is 378 g/mol. The van der Waals surface area contributed by atoms with Gasteiger partial charge in [0.25, 0.3) is 0 Å². The van der Waals surface area contributed by atoms with Crippen LogP contribution in [0.4, 0.5) is 0 Å². The van der Waals surface area contributed by atoms with Gasteiger partial charge in [0.15, 0.2) is 0 Å². The Labute approximate surface area is 160 Å². The molecule has 1 amide bonds. The molecule has 1 aromatic carbocycles. The summed E-state index contributed by atoms with van der Waals surface area (Å²) in [4.78, 5) is 14.4. The van der Waals surface area contributed by atoms with Crippen LogP contribution in [0.1, 0.15) is 25.7 Å². The number of para-hydroxylation sites is 1. The van der Waals surface area contributed by atoms with Crippen LogP contribution in [0.2, 0.25) is 0 Å². The predicted molar refractivity (Wildman–Crippen MR) is 101 cm³/mol. The molecule has 0 aromatic heterocycles. The molecular weight excluding hydrogens is 348 g/mol. The summed E-state index contributed by atoms with van der Waals surface area (Å²) in [6, 6.07) is 9.01. The van der Waals surface area contributed by atoms with E-state index in [0.29, 0.717) is 51.1 Å². The van der Waals surface area contributed by atoms with Crippen LogP contribution in [0.15, 0.2) is 30.3 Å². The maximum absolute atomic E-state index is 12.2. The highest BCUT2D eigenvalue weighted by Crippen LogP contribution is 2.31. The normalized spacial score (nSPS) is 29.6. The second kappa shape index (κ2) is 9.50. The third kappa shape index (κ3) is 5.19. The number of methoxy groups -OCH3 is 1. The number of ether oxygens (including phenoxy) is 2. The number of nitrogens with zero attached hydrogens (tertiary/aromatic N) is 1. The summed E-state index contributed by atoms with van der Waals surface area (Å²) in [5, 5.41) is 23.8. The van der Waals surface area contributed by atoms with Crippen molar-refractivity contribution in [3.05, 3.63) is 30.3 Å². The topological polar surface area (TPSA) is 91.3 Å². The van der Waals surface area contributed by atoms with Gasteiger partial charge in [0.05, 0.1) is 24.8 Å². The molecule has 7 nitrogen and oxygen atoms in total. The first-order valence-corrected chi connectivity index (χ1v) is 9.68. The minimum absolute atomic E-state index is 0.0866. The van der Waals surface area contributed by atoms with Gasteiger partial charge in [-0.3, -0.25) is 9.69 Å². The number of likely N-dealkylation sites (tertiary alicyclic amines) is 1. The van der Waals surface area contributed by atoms with Gasteiger partial charge in [0.1, 0.15) is 18.0 Å². The zero-order valence-electron chi connectivity index (χ0n) is 15.8. The van der Waals surface area contributed by atoms with E-state index in [4.69, 9.17) is 9.47 Å². The molecule has 2 aliphatic rings. The van der Waals surface area contributed by atoms with Crippen molar-refractivity contribution in [3.8, 4) is 5.75 Å². The van der Waals surface area contributed by atoms with Crippen molar-refractivity contribution >= 4 is 5.91 Å². The van der Waals surface area contributed by atoms with E-state index in [9.17, 15) is 15.0 Å². The van der Waals surface area contributed by atoms with Gasteiger partial charge in [-0.25, -0.2) is 0 Å². The molecule has 1 aromatic rings. The number of carbonyl (C=O) groups excluding carboxylic acids is 1. The van der Waals surface area contributed by atoms with E-state index in [1.165, 1.54) is 0 Å². The average Bonchev–Trinajstić information content (AvgIpc) is 2.96. The lowest BCUT2D eigenvalue weighted by molar-refractivity contribution is -0.123. The Morgan fingerprint density at radius 3 is 2.59 bits per heavy atom. The largest absolute Gasteiger partial charge is 0.488 e. The summed E-state index contributed by atoms with van der Waals surface area (Å²) in [6.45, 7) is 1.77. The number of benzene rings is 1. The fourth-order valence-corrected chi connectivity index (χ4v) is 4.05. The molecule has 2 fully saturated rings. The van der Waals surface area contributed by atoms with Gasteiger partial charge in [-0.2, -0.15) is 0 Å². The van der Waals surface area contributed by atoms with E-state index in [0.717, 1.165) is 0 Å². The minimum atomic E-state index is -0.715. The number of amides is 1. The molecule has 1 heterocycles. The predicted octanol–water partition coefficient (Wildman–Crippen LogP) is 0.545. The summed E-state index contributed by atoms with van der Waals surface area (Å²) < 4.78 is 11.0. The van der Waals surface area contributed by atoms with Gasteiger partial charge < -0.3 is 25.0 Å². The zero-order chi connectivity index (χ0) is 19.2. The molecule has 27 heavy (non-hydrogen) atoms. The molecule has 1 saturated carbocycles.